The zero-order valence-electron chi connectivity index (χ0n) is 18.6. The molecule has 0 radical (unpaired) electrons. The van der Waals surface area contributed by atoms with Crippen molar-refractivity contribution in [2.45, 2.75) is 63.8 Å². The van der Waals surface area contributed by atoms with Crippen LogP contribution in [0.5, 0.6) is 0 Å². The molecule has 6 heteroatoms. The molecule has 1 aromatic heterocycles. The number of fused-ring (bicyclic) bond motifs is 2. The van der Waals surface area contributed by atoms with Gasteiger partial charge in [0.15, 0.2) is 0 Å². The second kappa shape index (κ2) is 8.14. The first-order chi connectivity index (χ1) is 15.6. The number of nitrogens with zero attached hydrogens (tertiary/aromatic N) is 4. The van der Waals surface area contributed by atoms with Gasteiger partial charge in [-0.15, -0.1) is 0 Å². The first-order valence-corrected chi connectivity index (χ1v) is 12.2. The number of carbonyl (C=O) groups excluding carboxylic acids is 1. The number of rotatable bonds is 4. The Bertz CT molecular complexity index is 1040. The van der Waals surface area contributed by atoms with E-state index in [1.807, 2.05) is 15.9 Å². The van der Waals surface area contributed by atoms with Crippen molar-refractivity contribution in [3.8, 4) is 0 Å². The number of hydrogen-bond acceptors (Lipinski definition) is 4. The van der Waals surface area contributed by atoms with E-state index < -0.39 is 6.17 Å². The van der Waals surface area contributed by atoms with E-state index in [0.29, 0.717) is 38.2 Å². The summed E-state index contributed by atoms with van der Waals surface area (Å²) in [6.45, 7) is 4.64. The Labute approximate surface area is 189 Å². The lowest BCUT2D eigenvalue weighted by atomic mass is 9.91. The molecule has 1 atom stereocenters. The topological polar surface area (TPSA) is 39.7 Å². The molecule has 2 aromatic rings. The molecule has 0 bridgehead atoms. The number of alkyl halides is 1. The van der Waals surface area contributed by atoms with E-state index >= 15 is 0 Å². The van der Waals surface area contributed by atoms with Crippen LogP contribution >= 0.6 is 0 Å². The molecule has 4 heterocycles. The quantitative estimate of drug-likeness (QED) is 0.735. The highest BCUT2D eigenvalue weighted by atomic mass is 19.1. The predicted octanol–water partition coefficient (Wildman–Crippen LogP) is 3.74. The van der Waals surface area contributed by atoms with E-state index in [1.165, 1.54) is 42.5 Å². The average Bonchev–Trinajstić information content (AvgIpc) is 3.25. The van der Waals surface area contributed by atoms with Crippen LogP contribution in [0.15, 0.2) is 30.5 Å². The number of benzene rings is 1. The van der Waals surface area contributed by atoms with Gasteiger partial charge in [-0.1, -0.05) is 24.6 Å². The van der Waals surface area contributed by atoms with Gasteiger partial charge in [0, 0.05) is 45.0 Å². The number of aromatic nitrogens is 1. The molecule has 0 unspecified atom stereocenters. The molecule has 1 saturated carbocycles. The summed E-state index contributed by atoms with van der Waals surface area (Å²) in [4.78, 5) is 24.0. The van der Waals surface area contributed by atoms with Crippen molar-refractivity contribution >= 4 is 11.7 Å². The van der Waals surface area contributed by atoms with Crippen molar-refractivity contribution < 1.29 is 9.18 Å². The molecule has 0 N–H and O–H groups in total. The second-order valence-corrected chi connectivity index (χ2v) is 9.92. The first-order valence-electron chi connectivity index (χ1n) is 12.2. The van der Waals surface area contributed by atoms with Gasteiger partial charge < -0.3 is 9.80 Å². The van der Waals surface area contributed by atoms with Gasteiger partial charge in [-0.05, 0) is 60.4 Å². The van der Waals surface area contributed by atoms with Crippen molar-refractivity contribution in [3.05, 3.63) is 58.3 Å². The maximum absolute atomic E-state index is 13.6. The molecule has 4 aliphatic rings. The van der Waals surface area contributed by atoms with Gasteiger partial charge in [-0.25, -0.2) is 9.37 Å². The van der Waals surface area contributed by atoms with Crippen LogP contribution in [-0.2, 0) is 25.9 Å². The van der Waals surface area contributed by atoms with E-state index in [-0.39, 0.29) is 5.91 Å². The molecule has 3 aliphatic heterocycles. The van der Waals surface area contributed by atoms with E-state index in [1.54, 1.807) is 6.20 Å². The zero-order chi connectivity index (χ0) is 21.7. The molecule has 1 saturated heterocycles. The minimum absolute atomic E-state index is 0.0509. The number of pyridine rings is 1. The molecule has 168 valence electrons. The molecule has 1 amide bonds. The van der Waals surface area contributed by atoms with Crippen LogP contribution < -0.4 is 4.90 Å². The summed E-state index contributed by atoms with van der Waals surface area (Å²) in [5.41, 5.74) is 5.82. The lowest BCUT2D eigenvalue weighted by molar-refractivity contribution is 0.0766. The highest BCUT2D eigenvalue weighted by Gasteiger charge is 2.31. The summed E-state index contributed by atoms with van der Waals surface area (Å²) in [6, 6.07) is 9.59. The van der Waals surface area contributed by atoms with Gasteiger partial charge in [0.25, 0.3) is 5.91 Å². The molecular formula is C26H31FN4O. The Morgan fingerprint density at radius 1 is 1.00 bits per heavy atom. The van der Waals surface area contributed by atoms with Crippen molar-refractivity contribution in [3.63, 3.8) is 0 Å². The van der Waals surface area contributed by atoms with Gasteiger partial charge in [0.1, 0.15) is 12.0 Å². The van der Waals surface area contributed by atoms with Crippen LogP contribution in [0.1, 0.15) is 58.3 Å². The lowest BCUT2D eigenvalue weighted by Crippen LogP contribution is -2.41. The Morgan fingerprint density at radius 2 is 1.84 bits per heavy atom. The smallest absolute Gasteiger partial charge is 0.256 e. The summed E-state index contributed by atoms with van der Waals surface area (Å²) in [6.07, 6.45) is 7.81. The van der Waals surface area contributed by atoms with E-state index in [0.717, 1.165) is 36.8 Å². The minimum Gasteiger partial charge on any atom is -0.354 e. The van der Waals surface area contributed by atoms with Crippen molar-refractivity contribution in [1.82, 2.24) is 14.8 Å². The fraction of sp³-hybridized carbons (Fsp3) is 0.538. The average molecular weight is 435 g/mol. The van der Waals surface area contributed by atoms with Gasteiger partial charge in [-0.2, -0.15) is 0 Å². The Morgan fingerprint density at radius 3 is 2.59 bits per heavy atom. The van der Waals surface area contributed by atoms with E-state index in [2.05, 4.69) is 28.1 Å². The monoisotopic (exact) mass is 434 g/mol. The van der Waals surface area contributed by atoms with Crippen molar-refractivity contribution in [1.29, 1.82) is 0 Å². The highest BCUT2D eigenvalue weighted by Crippen LogP contribution is 2.30. The summed E-state index contributed by atoms with van der Waals surface area (Å²) in [7, 11) is 0. The van der Waals surface area contributed by atoms with Crippen LogP contribution in [0.25, 0.3) is 0 Å². The third kappa shape index (κ3) is 3.68. The first kappa shape index (κ1) is 20.2. The summed E-state index contributed by atoms with van der Waals surface area (Å²) >= 11 is 0. The zero-order valence-corrected chi connectivity index (χ0v) is 18.6. The second-order valence-electron chi connectivity index (χ2n) is 9.92. The number of hydrogen-bond donors (Lipinski definition) is 0. The number of amides is 1. The number of carbonyl (C=O) groups is 1. The molecule has 6 rings (SSSR count). The predicted molar refractivity (Wildman–Crippen MR) is 123 cm³/mol. The van der Waals surface area contributed by atoms with Gasteiger partial charge >= 0.3 is 0 Å². The van der Waals surface area contributed by atoms with Gasteiger partial charge in [-0.3, -0.25) is 9.69 Å². The van der Waals surface area contributed by atoms with Crippen LogP contribution in [0.3, 0.4) is 0 Å². The molecule has 0 spiro atoms. The Kier molecular flexibility index (Phi) is 5.13. The normalized spacial score (nSPS) is 23.8. The Hall–Kier alpha value is -2.47. The van der Waals surface area contributed by atoms with Crippen LogP contribution in [-0.4, -0.2) is 59.1 Å². The van der Waals surface area contributed by atoms with Crippen LogP contribution in [0.4, 0.5) is 10.2 Å². The van der Waals surface area contributed by atoms with Crippen molar-refractivity contribution in [2.24, 2.45) is 0 Å². The Balaban J connectivity index is 1.15. The minimum atomic E-state index is -0.780. The highest BCUT2D eigenvalue weighted by molar-refractivity contribution is 5.98. The molecule has 1 aromatic carbocycles. The summed E-state index contributed by atoms with van der Waals surface area (Å²) in [5.74, 6) is 0.842. The third-order valence-electron chi connectivity index (χ3n) is 7.88. The molecule has 5 nitrogen and oxygen atoms in total. The van der Waals surface area contributed by atoms with Crippen LogP contribution in [0.2, 0.25) is 0 Å². The third-order valence-corrected chi connectivity index (χ3v) is 7.88. The lowest BCUT2D eigenvalue weighted by Gasteiger charge is -2.36. The number of halogens is 1. The standard InChI is InChI=1S/C26H31FN4O/c27-22-8-11-30(17-22)25-13-21-16-31(26(32)24(21)14-28-25)15-18-4-5-19-6-9-29(23-2-1-3-23)10-7-20(19)12-18/h4-5,12-14,22-23H,1-3,6-11,15-17H2/t22-/m0/s1. The summed E-state index contributed by atoms with van der Waals surface area (Å²) in [5, 5.41) is 0. The fourth-order valence-electron chi connectivity index (χ4n) is 5.71. The molecule has 32 heavy (non-hydrogen) atoms. The van der Waals surface area contributed by atoms with Gasteiger partial charge in [0.05, 0.1) is 12.1 Å². The SMILES string of the molecule is O=C1c2cnc(N3CC[C@H](F)C3)cc2CN1Cc1ccc2c(c1)CCN(C1CCC1)CC2. The van der Waals surface area contributed by atoms with E-state index in [4.69, 9.17) is 0 Å². The largest absolute Gasteiger partial charge is 0.354 e. The maximum atomic E-state index is 13.6. The molecule has 1 aliphatic carbocycles. The summed E-state index contributed by atoms with van der Waals surface area (Å²) < 4.78 is 13.6. The molecule has 2 fully saturated rings. The van der Waals surface area contributed by atoms with E-state index in [9.17, 15) is 9.18 Å². The van der Waals surface area contributed by atoms with Crippen LogP contribution in [0, 0.1) is 0 Å². The fourth-order valence-corrected chi connectivity index (χ4v) is 5.71. The van der Waals surface area contributed by atoms with Gasteiger partial charge in [0.2, 0.25) is 0 Å². The number of anilines is 1. The van der Waals surface area contributed by atoms with Crippen molar-refractivity contribution in [2.75, 3.05) is 31.1 Å². The molecular weight excluding hydrogens is 403 g/mol. The maximum Gasteiger partial charge on any atom is 0.256 e.